The fraction of sp³-hybridized carbons (Fsp3) is 0.435. The van der Waals surface area contributed by atoms with E-state index in [4.69, 9.17) is 4.74 Å². The van der Waals surface area contributed by atoms with Crippen molar-refractivity contribution in [1.29, 1.82) is 0 Å². The third-order valence-corrected chi connectivity index (χ3v) is 6.64. The number of aryl methyl sites for hydroxylation is 1. The Morgan fingerprint density at radius 2 is 1.73 bits per heavy atom. The number of hydrogen-bond acceptors (Lipinski definition) is 3. The van der Waals surface area contributed by atoms with Crippen LogP contribution in [0.1, 0.15) is 66.2 Å². The Bertz CT molecular complexity index is 853. The van der Waals surface area contributed by atoms with Gasteiger partial charge in [0.15, 0.2) is 0 Å². The Morgan fingerprint density at radius 1 is 0.923 bits per heavy atom. The van der Waals surface area contributed by atoms with E-state index in [1.54, 1.807) is 0 Å². The van der Waals surface area contributed by atoms with Gasteiger partial charge in [0, 0.05) is 0 Å². The van der Waals surface area contributed by atoms with Gasteiger partial charge in [-0.2, -0.15) is 0 Å². The van der Waals surface area contributed by atoms with Gasteiger partial charge < -0.3 is 9.84 Å². The average molecular weight is 348 g/mol. The minimum Gasteiger partial charge on any atom is -0.508 e. The Hall–Kier alpha value is -2.29. The number of phenolic OH excluding ortho intramolecular Hbond substituents is 1. The molecule has 134 valence electrons. The van der Waals surface area contributed by atoms with E-state index in [2.05, 4.69) is 24.3 Å². The van der Waals surface area contributed by atoms with E-state index in [-0.39, 0.29) is 5.97 Å². The summed E-state index contributed by atoms with van der Waals surface area (Å²) in [6.45, 7) is 0. The molecule has 0 saturated heterocycles. The molecule has 0 bridgehead atoms. The summed E-state index contributed by atoms with van der Waals surface area (Å²) in [6, 6.07) is 12.3. The molecule has 3 atom stereocenters. The highest BCUT2D eigenvalue weighted by Crippen LogP contribution is 2.52. The summed E-state index contributed by atoms with van der Waals surface area (Å²) in [5.74, 6) is 2.73. The number of carbonyl (C=O) groups excluding carboxylic acids is 1. The van der Waals surface area contributed by atoms with Gasteiger partial charge in [-0.25, -0.2) is 0 Å². The molecule has 2 aromatic carbocycles. The monoisotopic (exact) mass is 348 g/mol. The topological polar surface area (TPSA) is 46.5 Å². The van der Waals surface area contributed by atoms with E-state index >= 15 is 0 Å². The first-order valence-electron chi connectivity index (χ1n) is 9.84. The summed E-state index contributed by atoms with van der Waals surface area (Å²) < 4.78 is 5.54. The molecule has 3 aliphatic rings. The first-order valence-corrected chi connectivity index (χ1v) is 9.84. The Balaban J connectivity index is 1.58. The van der Waals surface area contributed by atoms with E-state index in [0.29, 0.717) is 29.9 Å². The third kappa shape index (κ3) is 2.61. The molecule has 3 unspecified atom stereocenters. The molecule has 3 nitrogen and oxygen atoms in total. The molecule has 26 heavy (non-hydrogen) atoms. The molecule has 1 heterocycles. The van der Waals surface area contributed by atoms with Gasteiger partial charge in [0.25, 0.3) is 0 Å². The largest absolute Gasteiger partial charge is 0.508 e. The lowest BCUT2D eigenvalue weighted by Gasteiger charge is -2.43. The van der Waals surface area contributed by atoms with E-state index < -0.39 is 0 Å². The molecule has 1 N–H and O–H groups in total. The second-order valence-corrected chi connectivity index (χ2v) is 8.09. The number of carbonyl (C=O) groups is 1. The van der Waals surface area contributed by atoms with Crippen molar-refractivity contribution in [3.8, 4) is 11.5 Å². The maximum absolute atomic E-state index is 11.7. The van der Waals surface area contributed by atoms with E-state index in [1.807, 2.05) is 12.1 Å². The summed E-state index contributed by atoms with van der Waals surface area (Å²) in [6.07, 6.45) is 7.37. The van der Waals surface area contributed by atoms with E-state index in [9.17, 15) is 9.90 Å². The molecule has 2 aromatic rings. The molecule has 0 aromatic heterocycles. The molecule has 1 fully saturated rings. The maximum Gasteiger partial charge on any atom is 0.311 e. The Labute approximate surface area is 154 Å². The van der Waals surface area contributed by atoms with Crippen LogP contribution in [0.15, 0.2) is 36.4 Å². The number of fused-ring (bicyclic) bond motifs is 4. The normalized spacial score (nSPS) is 27.1. The first kappa shape index (κ1) is 15.9. The average Bonchev–Trinajstić information content (AvgIpc) is 2.67. The van der Waals surface area contributed by atoms with E-state index in [1.165, 1.54) is 47.9 Å². The molecule has 1 aliphatic heterocycles. The maximum atomic E-state index is 11.7. The number of rotatable bonds is 1. The van der Waals surface area contributed by atoms with Crippen LogP contribution in [0.5, 0.6) is 11.5 Å². The lowest BCUT2D eigenvalue weighted by atomic mass is 9.61. The van der Waals surface area contributed by atoms with Gasteiger partial charge >= 0.3 is 5.97 Å². The summed E-state index contributed by atoms with van der Waals surface area (Å²) >= 11 is 0. The van der Waals surface area contributed by atoms with Crippen molar-refractivity contribution in [2.75, 3.05) is 0 Å². The zero-order chi connectivity index (χ0) is 17.7. The van der Waals surface area contributed by atoms with E-state index in [0.717, 1.165) is 18.6 Å². The van der Waals surface area contributed by atoms with Crippen LogP contribution in [0, 0.1) is 5.92 Å². The van der Waals surface area contributed by atoms with Crippen LogP contribution in [0.3, 0.4) is 0 Å². The Morgan fingerprint density at radius 3 is 2.58 bits per heavy atom. The van der Waals surface area contributed by atoms with Gasteiger partial charge in [-0.15, -0.1) is 0 Å². The minimum atomic E-state index is -0.101. The van der Waals surface area contributed by atoms with Crippen molar-refractivity contribution in [1.82, 2.24) is 0 Å². The van der Waals surface area contributed by atoms with Gasteiger partial charge in [-0.3, -0.25) is 4.79 Å². The highest BCUT2D eigenvalue weighted by Gasteiger charge is 2.39. The summed E-state index contributed by atoms with van der Waals surface area (Å²) in [5, 5.41) is 9.66. The number of hydrogen-bond donors (Lipinski definition) is 1. The van der Waals surface area contributed by atoms with Gasteiger partial charge in [-0.05, 0) is 83.9 Å². The van der Waals surface area contributed by atoms with Crippen molar-refractivity contribution in [3.63, 3.8) is 0 Å². The van der Waals surface area contributed by atoms with Crippen molar-refractivity contribution >= 4 is 5.97 Å². The van der Waals surface area contributed by atoms with Crippen LogP contribution < -0.4 is 4.74 Å². The lowest BCUT2D eigenvalue weighted by molar-refractivity contribution is -0.135. The van der Waals surface area contributed by atoms with Crippen LogP contribution in [-0.4, -0.2) is 11.1 Å². The first-order chi connectivity index (χ1) is 12.7. The van der Waals surface area contributed by atoms with Crippen LogP contribution in [0.4, 0.5) is 0 Å². The quantitative estimate of drug-likeness (QED) is 0.591. The number of ether oxygens (including phenoxy) is 1. The van der Waals surface area contributed by atoms with Gasteiger partial charge in [0.1, 0.15) is 11.5 Å². The summed E-state index contributed by atoms with van der Waals surface area (Å²) in [7, 11) is 0. The molecule has 0 spiro atoms. The zero-order valence-electron chi connectivity index (χ0n) is 14.9. The van der Waals surface area contributed by atoms with Crippen LogP contribution >= 0.6 is 0 Å². The molecule has 2 aliphatic carbocycles. The second kappa shape index (κ2) is 6.15. The van der Waals surface area contributed by atoms with Crippen LogP contribution in [-0.2, 0) is 17.6 Å². The molecule has 0 radical (unpaired) electrons. The van der Waals surface area contributed by atoms with Crippen molar-refractivity contribution < 1.29 is 14.6 Å². The van der Waals surface area contributed by atoms with Gasteiger partial charge in [0.2, 0.25) is 0 Å². The van der Waals surface area contributed by atoms with Gasteiger partial charge in [0.05, 0.1) is 6.42 Å². The van der Waals surface area contributed by atoms with Crippen molar-refractivity contribution in [2.45, 2.75) is 56.8 Å². The zero-order valence-corrected chi connectivity index (χ0v) is 14.9. The summed E-state index contributed by atoms with van der Waals surface area (Å²) in [5.41, 5.74) is 5.37. The molecule has 3 heteroatoms. The fourth-order valence-corrected chi connectivity index (χ4v) is 5.42. The van der Waals surface area contributed by atoms with Crippen LogP contribution in [0.2, 0.25) is 0 Å². The highest BCUT2D eigenvalue weighted by atomic mass is 16.5. The SMILES string of the molecule is O=C1CCc2cc3c(cc2O1)C1CCCCC1C(c1ccc(O)cc1)C3. The second-order valence-electron chi connectivity index (χ2n) is 8.09. The molecular formula is C23H24O3. The number of esters is 1. The summed E-state index contributed by atoms with van der Waals surface area (Å²) in [4.78, 5) is 11.7. The molecule has 5 rings (SSSR count). The molecule has 1 saturated carbocycles. The van der Waals surface area contributed by atoms with Crippen LogP contribution in [0.25, 0.3) is 0 Å². The minimum absolute atomic E-state index is 0.101. The standard InChI is InChI=1S/C23H24O3/c24-17-8-5-14(6-9-17)20-12-16-11-15-7-10-23(25)26-22(15)13-21(16)19-4-2-1-3-18(19)20/h5-6,8-9,11,13,18-20,24H,1-4,7,10,12H2. The predicted molar refractivity (Wildman–Crippen MR) is 99.6 cm³/mol. The Kier molecular flexibility index (Phi) is 3.77. The number of aromatic hydroxyl groups is 1. The predicted octanol–water partition coefficient (Wildman–Crippen LogP) is 4.86. The fourth-order valence-electron chi connectivity index (χ4n) is 5.42. The molecule has 0 amide bonds. The van der Waals surface area contributed by atoms with Crippen molar-refractivity contribution in [3.05, 3.63) is 58.7 Å². The molecular weight excluding hydrogens is 324 g/mol. The smallest absolute Gasteiger partial charge is 0.311 e. The number of benzene rings is 2. The van der Waals surface area contributed by atoms with Gasteiger partial charge in [-0.1, -0.05) is 31.0 Å². The third-order valence-electron chi connectivity index (χ3n) is 6.64. The van der Waals surface area contributed by atoms with Crippen molar-refractivity contribution in [2.24, 2.45) is 5.92 Å². The highest BCUT2D eigenvalue weighted by molar-refractivity contribution is 5.75. The number of phenols is 1. The lowest BCUT2D eigenvalue weighted by Crippen LogP contribution is -2.31.